The van der Waals surface area contributed by atoms with Crippen molar-refractivity contribution >= 4 is 0 Å². The fraction of sp³-hybridized carbons (Fsp3) is 0.0968. The Morgan fingerprint density at radius 3 is 1.74 bits per heavy atom. The summed E-state index contributed by atoms with van der Waals surface area (Å²) >= 11 is 0. The SMILES string of the molecule is COc1ccc(C#N)c(C)c1-c1cn(C(c2ccccc2)(c2ccccc2)c2ccccc2)cn1. The quantitative estimate of drug-likeness (QED) is 0.272. The van der Waals surface area contributed by atoms with Crippen LogP contribution in [0.5, 0.6) is 5.75 Å². The topological polar surface area (TPSA) is 50.8 Å². The van der Waals surface area contributed by atoms with Crippen LogP contribution < -0.4 is 4.74 Å². The Morgan fingerprint density at radius 2 is 1.29 bits per heavy atom. The third-order valence-electron chi connectivity index (χ3n) is 6.57. The molecule has 0 saturated carbocycles. The zero-order valence-electron chi connectivity index (χ0n) is 19.7. The van der Waals surface area contributed by atoms with Crippen LogP contribution in [0.15, 0.2) is 116 Å². The second kappa shape index (κ2) is 9.32. The average molecular weight is 456 g/mol. The maximum absolute atomic E-state index is 9.62. The van der Waals surface area contributed by atoms with Crippen LogP contribution >= 0.6 is 0 Å². The van der Waals surface area contributed by atoms with E-state index in [1.165, 1.54) is 0 Å². The van der Waals surface area contributed by atoms with Gasteiger partial charge < -0.3 is 9.30 Å². The van der Waals surface area contributed by atoms with Gasteiger partial charge >= 0.3 is 0 Å². The average Bonchev–Trinajstić information content (AvgIpc) is 3.40. The Balaban J connectivity index is 1.83. The van der Waals surface area contributed by atoms with Gasteiger partial charge in [0.25, 0.3) is 0 Å². The molecule has 1 heterocycles. The van der Waals surface area contributed by atoms with E-state index >= 15 is 0 Å². The molecule has 0 aliphatic carbocycles. The van der Waals surface area contributed by atoms with E-state index in [4.69, 9.17) is 9.72 Å². The lowest BCUT2D eigenvalue weighted by atomic mass is 9.76. The van der Waals surface area contributed by atoms with E-state index in [9.17, 15) is 5.26 Å². The van der Waals surface area contributed by atoms with Gasteiger partial charge in [0.15, 0.2) is 0 Å². The second-order valence-electron chi connectivity index (χ2n) is 8.40. The molecule has 0 aliphatic heterocycles. The molecule has 0 spiro atoms. The minimum Gasteiger partial charge on any atom is -0.496 e. The lowest BCUT2D eigenvalue weighted by molar-refractivity contribution is 0.416. The van der Waals surface area contributed by atoms with E-state index in [0.29, 0.717) is 11.3 Å². The number of aromatic nitrogens is 2. The third-order valence-corrected chi connectivity index (χ3v) is 6.57. The van der Waals surface area contributed by atoms with Crippen LogP contribution in [0.1, 0.15) is 27.8 Å². The maximum atomic E-state index is 9.62. The molecule has 0 radical (unpaired) electrons. The first-order chi connectivity index (χ1) is 17.2. The van der Waals surface area contributed by atoms with Crippen LogP contribution in [-0.2, 0) is 5.54 Å². The summed E-state index contributed by atoms with van der Waals surface area (Å²) in [5.41, 5.74) is 5.75. The van der Waals surface area contributed by atoms with Crippen LogP contribution in [-0.4, -0.2) is 16.7 Å². The van der Waals surface area contributed by atoms with Crippen molar-refractivity contribution in [2.75, 3.05) is 7.11 Å². The molecule has 5 rings (SSSR count). The Kier molecular flexibility index (Phi) is 5.91. The Bertz CT molecular complexity index is 1390. The number of hydrogen-bond acceptors (Lipinski definition) is 3. The summed E-state index contributed by atoms with van der Waals surface area (Å²) in [6.45, 7) is 1.94. The number of methoxy groups -OCH3 is 1. The van der Waals surface area contributed by atoms with Gasteiger partial charge in [0.1, 0.15) is 11.3 Å². The van der Waals surface area contributed by atoms with Gasteiger partial charge in [-0.05, 0) is 41.3 Å². The van der Waals surface area contributed by atoms with Crippen molar-refractivity contribution in [3.05, 3.63) is 143 Å². The highest BCUT2D eigenvalue weighted by Crippen LogP contribution is 2.42. The molecule has 0 fully saturated rings. The monoisotopic (exact) mass is 455 g/mol. The van der Waals surface area contributed by atoms with Crippen molar-refractivity contribution < 1.29 is 4.74 Å². The molecule has 0 saturated heterocycles. The van der Waals surface area contributed by atoms with E-state index in [-0.39, 0.29) is 0 Å². The third kappa shape index (κ3) is 3.68. The Labute approximate surface area is 205 Å². The number of nitriles is 1. The summed E-state index contributed by atoms with van der Waals surface area (Å²) in [5.74, 6) is 0.691. The number of benzene rings is 4. The van der Waals surface area contributed by atoms with E-state index in [1.54, 1.807) is 13.2 Å². The van der Waals surface area contributed by atoms with E-state index in [1.807, 2.05) is 37.5 Å². The van der Waals surface area contributed by atoms with Gasteiger partial charge in [-0.2, -0.15) is 5.26 Å². The molecule has 0 bridgehead atoms. The molecule has 0 amide bonds. The molecule has 0 aliphatic rings. The first-order valence-corrected chi connectivity index (χ1v) is 11.5. The van der Waals surface area contributed by atoms with Crippen LogP contribution in [0.2, 0.25) is 0 Å². The zero-order valence-corrected chi connectivity index (χ0v) is 19.7. The van der Waals surface area contributed by atoms with Gasteiger partial charge in [0.05, 0.1) is 30.8 Å². The minimum absolute atomic E-state index is 0.607. The molecule has 0 unspecified atom stereocenters. The fourth-order valence-electron chi connectivity index (χ4n) is 4.92. The summed E-state index contributed by atoms with van der Waals surface area (Å²) in [7, 11) is 1.64. The number of rotatable bonds is 6. The summed E-state index contributed by atoms with van der Waals surface area (Å²) in [4.78, 5) is 4.85. The van der Waals surface area contributed by atoms with Crippen LogP contribution in [0.25, 0.3) is 11.3 Å². The van der Waals surface area contributed by atoms with Crippen molar-refractivity contribution in [2.24, 2.45) is 0 Å². The molecule has 4 heteroatoms. The first-order valence-electron chi connectivity index (χ1n) is 11.5. The van der Waals surface area contributed by atoms with Gasteiger partial charge in [-0.3, -0.25) is 0 Å². The highest BCUT2D eigenvalue weighted by molar-refractivity contribution is 5.73. The number of ether oxygens (including phenoxy) is 1. The van der Waals surface area contributed by atoms with Crippen molar-refractivity contribution in [3.8, 4) is 23.1 Å². The molecule has 35 heavy (non-hydrogen) atoms. The zero-order chi connectivity index (χ0) is 24.3. The van der Waals surface area contributed by atoms with Crippen molar-refractivity contribution in [1.29, 1.82) is 5.26 Å². The van der Waals surface area contributed by atoms with Gasteiger partial charge in [-0.15, -0.1) is 0 Å². The molecular weight excluding hydrogens is 430 g/mol. The van der Waals surface area contributed by atoms with Gasteiger partial charge in [0, 0.05) is 11.8 Å². The lowest BCUT2D eigenvalue weighted by Crippen LogP contribution is -2.36. The van der Waals surface area contributed by atoms with Gasteiger partial charge in [-0.1, -0.05) is 91.0 Å². The van der Waals surface area contributed by atoms with Crippen LogP contribution in [0.3, 0.4) is 0 Å². The fourth-order valence-corrected chi connectivity index (χ4v) is 4.92. The van der Waals surface area contributed by atoms with Crippen molar-refractivity contribution in [3.63, 3.8) is 0 Å². The largest absolute Gasteiger partial charge is 0.496 e. The molecule has 4 aromatic carbocycles. The van der Waals surface area contributed by atoms with E-state index in [2.05, 4.69) is 89.6 Å². The lowest BCUT2D eigenvalue weighted by Gasteiger charge is -2.37. The molecule has 170 valence electrons. The molecular formula is C31H25N3O. The maximum Gasteiger partial charge on any atom is 0.128 e. The van der Waals surface area contributed by atoms with Crippen molar-refractivity contribution in [1.82, 2.24) is 9.55 Å². The predicted octanol–water partition coefficient (Wildman–Crippen LogP) is 6.58. The van der Waals surface area contributed by atoms with Crippen LogP contribution in [0, 0.1) is 18.3 Å². The highest BCUT2D eigenvalue weighted by Gasteiger charge is 2.38. The van der Waals surface area contributed by atoms with E-state index < -0.39 is 5.54 Å². The number of imidazole rings is 1. The normalized spacial score (nSPS) is 11.1. The van der Waals surface area contributed by atoms with Gasteiger partial charge in [0.2, 0.25) is 0 Å². The predicted molar refractivity (Wildman–Crippen MR) is 138 cm³/mol. The molecule has 0 atom stereocenters. The number of hydrogen-bond donors (Lipinski definition) is 0. The molecule has 5 aromatic rings. The minimum atomic E-state index is -0.650. The standard InChI is InChI=1S/C31H25N3O/c1-23-24(20-32)18-19-29(35-2)30(23)28-21-34(22-33-28)31(25-12-6-3-7-13-25,26-14-8-4-9-15-26)27-16-10-5-11-17-27/h3-19,21-22H,1-2H3. The van der Waals surface area contributed by atoms with Crippen molar-refractivity contribution in [2.45, 2.75) is 12.5 Å². The van der Waals surface area contributed by atoms with Crippen LogP contribution in [0.4, 0.5) is 0 Å². The Morgan fingerprint density at radius 1 is 0.771 bits per heavy atom. The second-order valence-corrected chi connectivity index (χ2v) is 8.40. The summed E-state index contributed by atoms with van der Waals surface area (Å²) < 4.78 is 7.84. The molecule has 0 N–H and O–H groups in total. The van der Waals surface area contributed by atoms with Gasteiger partial charge in [-0.25, -0.2) is 4.98 Å². The number of nitrogens with zero attached hydrogens (tertiary/aromatic N) is 3. The first kappa shape index (κ1) is 22.2. The summed E-state index contributed by atoms with van der Waals surface area (Å²) in [6.07, 6.45) is 3.93. The highest BCUT2D eigenvalue weighted by atomic mass is 16.5. The Hall–Kier alpha value is -4.62. The molecule has 4 nitrogen and oxygen atoms in total. The molecule has 1 aromatic heterocycles. The summed E-state index contributed by atoms with van der Waals surface area (Å²) in [5, 5.41) is 9.62. The smallest absolute Gasteiger partial charge is 0.128 e. The summed E-state index contributed by atoms with van der Waals surface area (Å²) in [6, 6.07) is 37.3. The van der Waals surface area contributed by atoms with E-state index in [0.717, 1.165) is 33.5 Å².